The van der Waals surface area contributed by atoms with Crippen molar-refractivity contribution in [2.45, 2.75) is 0 Å². The van der Waals surface area contributed by atoms with E-state index in [4.69, 9.17) is 4.74 Å². The summed E-state index contributed by atoms with van der Waals surface area (Å²) in [5.74, 6) is -0.964. The number of methoxy groups -OCH3 is 1. The Labute approximate surface area is 171 Å². The van der Waals surface area contributed by atoms with Gasteiger partial charge in [0, 0.05) is 16.6 Å². The summed E-state index contributed by atoms with van der Waals surface area (Å²) in [5.41, 5.74) is 1.87. The lowest BCUT2D eigenvalue weighted by atomic mass is 10.1. The van der Waals surface area contributed by atoms with Crippen LogP contribution in [0.2, 0.25) is 0 Å². The highest BCUT2D eigenvalue weighted by molar-refractivity contribution is 6.08. The van der Waals surface area contributed by atoms with E-state index in [0.29, 0.717) is 27.7 Å². The standard InChI is InChI=1S/C23H16FN3O3/c1-30-23(29)15-7-10-17(11-8-15)25-21-18-13-16(24)9-12-19(18)26-22(27-21)20(28)14-5-3-2-4-6-14/h2-13H,1H3,(H,25,26,27). The lowest BCUT2D eigenvalue weighted by Crippen LogP contribution is -2.09. The maximum atomic E-state index is 13.9. The number of ether oxygens (including phenoxy) is 1. The first kappa shape index (κ1) is 19.2. The molecule has 0 unspecified atom stereocenters. The minimum absolute atomic E-state index is 0.00557. The fraction of sp³-hybridized carbons (Fsp3) is 0.0435. The molecule has 0 saturated heterocycles. The number of carbonyl (C=O) groups is 2. The highest BCUT2D eigenvalue weighted by Gasteiger charge is 2.16. The number of halogens is 1. The average molecular weight is 401 g/mol. The van der Waals surface area contributed by atoms with Crippen LogP contribution < -0.4 is 5.32 Å². The van der Waals surface area contributed by atoms with E-state index in [-0.39, 0.29) is 17.4 Å². The van der Waals surface area contributed by atoms with Crippen LogP contribution >= 0.6 is 0 Å². The first-order valence-corrected chi connectivity index (χ1v) is 9.07. The quantitative estimate of drug-likeness (QED) is 0.391. The van der Waals surface area contributed by atoms with Crippen molar-refractivity contribution in [1.82, 2.24) is 9.97 Å². The Kier molecular flexibility index (Phi) is 5.17. The summed E-state index contributed by atoms with van der Waals surface area (Å²) in [6.07, 6.45) is 0. The highest BCUT2D eigenvalue weighted by Crippen LogP contribution is 2.26. The van der Waals surface area contributed by atoms with E-state index in [1.165, 1.54) is 25.3 Å². The fourth-order valence-corrected chi connectivity index (χ4v) is 2.96. The van der Waals surface area contributed by atoms with E-state index in [2.05, 4.69) is 15.3 Å². The zero-order chi connectivity index (χ0) is 21.1. The number of aromatic nitrogens is 2. The molecule has 4 rings (SSSR count). The van der Waals surface area contributed by atoms with Crippen molar-refractivity contribution in [3.8, 4) is 0 Å². The van der Waals surface area contributed by atoms with Crippen LogP contribution in [-0.4, -0.2) is 28.8 Å². The zero-order valence-corrected chi connectivity index (χ0v) is 15.9. The predicted octanol–water partition coefficient (Wildman–Crippen LogP) is 4.53. The second kappa shape index (κ2) is 8.08. The second-order valence-corrected chi connectivity index (χ2v) is 6.45. The normalized spacial score (nSPS) is 10.6. The molecule has 0 atom stereocenters. The third-order valence-electron chi connectivity index (χ3n) is 4.47. The highest BCUT2D eigenvalue weighted by atomic mass is 19.1. The van der Waals surface area contributed by atoms with Crippen LogP contribution in [0.3, 0.4) is 0 Å². The monoisotopic (exact) mass is 401 g/mol. The Bertz CT molecular complexity index is 1240. The van der Waals surface area contributed by atoms with Gasteiger partial charge in [0.25, 0.3) is 0 Å². The number of fused-ring (bicyclic) bond motifs is 1. The first-order chi connectivity index (χ1) is 14.5. The van der Waals surface area contributed by atoms with E-state index in [1.54, 1.807) is 48.5 Å². The SMILES string of the molecule is COC(=O)c1ccc(Nc2nc(C(=O)c3ccccc3)nc3ccc(F)cc23)cc1. The van der Waals surface area contributed by atoms with Gasteiger partial charge in [-0.3, -0.25) is 4.79 Å². The lowest BCUT2D eigenvalue weighted by molar-refractivity contribution is 0.0600. The van der Waals surface area contributed by atoms with Gasteiger partial charge < -0.3 is 10.1 Å². The topological polar surface area (TPSA) is 81.2 Å². The molecule has 148 valence electrons. The summed E-state index contributed by atoms with van der Waals surface area (Å²) in [7, 11) is 1.31. The van der Waals surface area contributed by atoms with E-state index < -0.39 is 11.8 Å². The molecule has 1 heterocycles. The summed E-state index contributed by atoms with van der Waals surface area (Å²) >= 11 is 0. The molecule has 0 saturated carbocycles. The van der Waals surface area contributed by atoms with Gasteiger partial charge in [-0.15, -0.1) is 0 Å². The Morgan fingerprint density at radius 1 is 0.900 bits per heavy atom. The zero-order valence-electron chi connectivity index (χ0n) is 15.9. The third kappa shape index (κ3) is 3.86. The molecule has 0 amide bonds. The Hall–Kier alpha value is -4.13. The van der Waals surface area contributed by atoms with Gasteiger partial charge in [-0.05, 0) is 42.5 Å². The van der Waals surface area contributed by atoms with Crippen molar-refractivity contribution >= 4 is 34.2 Å². The average Bonchev–Trinajstić information content (AvgIpc) is 2.79. The van der Waals surface area contributed by atoms with Crippen molar-refractivity contribution in [2.75, 3.05) is 12.4 Å². The Balaban J connectivity index is 1.76. The molecular weight excluding hydrogens is 385 g/mol. The summed E-state index contributed by atoms with van der Waals surface area (Å²) in [6.45, 7) is 0. The second-order valence-electron chi connectivity index (χ2n) is 6.45. The Morgan fingerprint density at radius 2 is 1.63 bits per heavy atom. The molecule has 0 aliphatic heterocycles. The number of benzene rings is 3. The number of anilines is 2. The van der Waals surface area contributed by atoms with Gasteiger partial charge in [-0.25, -0.2) is 19.2 Å². The van der Waals surface area contributed by atoms with Gasteiger partial charge >= 0.3 is 5.97 Å². The summed E-state index contributed by atoms with van der Waals surface area (Å²) in [6, 6.07) is 19.3. The molecule has 0 fully saturated rings. The van der Waals surface area contributed by atoms with Gasteiger partial charge in [0.1, 0.15) is 11.6 Å². The molecule has 6 nitrogen and oxygen atoms in total. The van der Waals surface area contributed by atoms with E-state index >= 15 is 0 Å². The number of nitrogens with zero attached hydrogens (tertiary/aromatic N) is 2. The largest absolute Gasteiger partial charge is 0.465 e. The van der Waals surface area contributed by atoms with Crippen LogP contribution in [0.25, 0.3) is 10.9 Å². The maximum Gasteiger partial charge on any atom is 0.337 e. The summed E-state index contributed by atoms with van der Waals surface area (Å²) in [5, 5.41) is 3.51. The molecule has 3 aromatic carbocycles. The molecule has 0 bridgehead atoms. The van der Waals surface area contributed by atoms with Crippen molar-refractivity contribution in [3.63, 3.8) is 0 Å². The van der Waals surface area contributed by atoms with Gasteiger partial charge in [0.05, 0.1) is 18.2 Å². The van der Waals surface area contributed by atoms with Crippen LogP contribution in [0.5, 0.6) is 0 Å². The predicted molar refractivity (Wildman–Crippen MR) is 110 cm³/mol. The Morgan fingerprint density at radius 3 is 2.33 bits per heavy atom. The van der Waals surface area contributed by atoms with E-state index in [0.717, 1.165) is 0 Å². The van der Waals surface area contributed by atoms with Crippen molar-refractivity contribution in [3.05, 3.63) is 95.6 Å². The fourth-order valence-electron chi connectivity index (χ4n) is 2.96. The number of carbonyl (C=O) groups excluding carboxylic acids is 2. The molecular formula is C23H16FN3O3. The van der Waals surface area contributed by atoms with Crippen molar-refractivity contribution in [1.29, 1.82) is 0 Å². The number of hydrogen-bond acceptors (Lipinski definition) is 6. The van der Waals surface area contributed by atoms with Gasteiger partial charge in [0.2, 0.25) is 11.6 Å². The van der Waals surface area contributed by atoms with E-state index in [1.807, 2.05) is 6.07 Å². The van der Waals surface area contributed by atoms with Crippen molar-refractivity contribution in [2.24, 2.45) is 0 Å². The molecule has 1 N–H and O–H groups in total. The number of nitrogens with one attached hydrogen (secondary N) is 1. The lowest BCUT2D eigenvalue weighted by Gasteiger charge is -2.11. The minimum Gasteiger partial charge on any atom is -0.465 e. The number of ketones is 1. The van der Waals surface area contributed by atoms with E-state index in [9.17, 15) is 14.0 Å². The molecule has 4 aromatic rings. The van der Waals surface area contributed by atoms with Crippen LogP contribution in [0.15, 0.2) is 72.8 Å². The summed E-state index contributed by atoms with van der Waals surface area (Å²) < 4.78 is 18.5. The molecule has 7 heteroatoms. The van der Waals surface area contributed by atoms with Gasteiger partial charge in [-0.2, -0.15) is 0 Å². The number of esters is 1. The first-order valence-electron chi connectivity index (χ1n) is 9.07. The van der Waals surface area contributed by atoms with Crippen LogP contribution in [0, 0.1) is 5.82 Å². The number of rotatable bonds is 5. The molecule has 1 aromatic heterocycles. The maximum absolute atomic E-state index is 13.9. The van der Waals surface area contributed by atoms with Crippen molar-refractivity contribution < 1.29 is 18.7 Å². The van der Waals surface area contributed by atoms with Crippen LogP contribution in [0.4, 0.5) is 15.9 Å². The molecule has 0 spiro atoms. The molecule has 0 radical (unpaired) electrons. The molecule has 0 aliphatic carbocycles. The smallest absolute Gasteiger partial charge is 0.337 e. The number of hydrogen-bond donors (Lipinski definition) is 1. The third-order valence-corrected chi connectivity index (χ3v) is 4.47. The molecule has 30 heavy (non-hydrogen) atoms. The summed E-state index contributed by atoms with van der Waals surface area (Å²) in [4.78, 5) is 33.1. The van der Waals surface area contributed by atoms with Crippen LogP contribution in [-0.2, 0) is 4.74 Å². The van der Waals surface area contributed by atoms with Crippen LogP contribution in [0.1, 0.15) is 26.5 Å². The van der Waals surface area contributed by atoms with Gasteiger partial charge in [0.15, 0.2) is 0 Å². The molecule has 0 aliphatic rings. The minimum atomic E-state index is -0.452. The van der Waals surface area contributed by atoms with Gasteiger partial charge in [-0.1, -0.05) is 30.3 Å².